The number of rotatable bonds is 4. The molecule has 1 aromatic rings. The van der Waals surface area contributed by atoms with Gasteiger partial charge in [0, 0.05) is 31.9 Å². The first kappa shape index (κ1) is 15.3. The largest absolute Gasteiger partial charge is 0.371 e. The van der Waals surface area contributed by atoms with Gasteiger partial charge in [0.15, 0.2) is 0 Å². The summed E-state index contributed by atoms with van der Waals surface area (Å²) in [6.45, 7) is 1.68. The van der Waals surface area contributed by atoms with E-state index in [1.165, 1.54) is 0 Å². The van der Waals surface area contributed by atoms with Gasteiger partial charge in [0.1, 0.15) is 0 Å². The Bertz CT molecular complexity index is 665. The van der Waals surface area contributed by atoms with E-state index in [1.807, 2.05) is 0 Å². The number of hydrogen-bond acceptors (Lipinski definition) is 6. The first-order valence-corrected chi connectivity index (χ1v) is 9.74. The molecule has 0 unspecified atom stereocenters. The second-order valence-corrected chi connectivity index (χ2v) is 9.01. The molecular formula is C15H22N4O3S. The summed E-state index contributed by atoms with van der Waals surface area (Å²) in [4.78, 5) is 8.35. The number of sulfonamides is 1. The van der Waals surface area contributed by atoms with Crippen molar-refractivity contribution < 1.29 is 13.2 Å². The van der Waals surface area contributed by atoms with Crippen LogP contribution >= 0.6 is 0 Å². The Hall–Kier alpha value is -1.25. The van der Waals surface area contributed by atoms with E-state index < -0.39 is 10.0 Å². The van der Waals surface area contributed by atoms with Crippen molar-refractivity contribution in [2.24, 2.45) is 0 Å². The lowest BCUT2D eigenvalue weighted by Gasteiger charge is -2.39. The van der Waals surface area contributed by atoms with E-state index in [-0.39, 0.29) is 16.9 Å². The molecule has 2 aliphatic heterocycles. The molecule has 23 heavy (non-hydrogen) atoms. The summed E-state index contributed by atoms with van der Waals surface area (Å²) in [7, 11) is -3.12. The van der Waals surface area contributed by atoms with Gasteiger partial charge in [-0.1, -0.05) is 0 Å². The van der Waals surface area contributed by atoms with Crippen LogP contribution in [-0.4, -0.2) is 59.3 Å². The molecule has 1 aliphatic carbocycles. The molecule has 1 N–H and O–H groups in total. The molecule has 0 amide bonds. The van der Waals surface area contributed by atoms with E-state index in [2.05, 4.69) is 15.3 Å². The second kappa shape index (κ2) is 5.68. The Balaban J connectivity index is 1.43. The number of aromatic nitrogens is 2. The van der Waals surface area contributed by atoms with E-state index >= 15 is 0 Å². The van der Waals surface area contributed by atoms with Crippen molar-refractivity contribution in [3.05, 3.63) is 18.5 Å². The molecule has 2 atom stereocenters. The molecule has 1 aromatic heterocycles. The summed E-state index contributed by atoms with van der Waals surface area (Å²) in [5, 5.41) is 3.14. The van der Waals surface area contributed by atoms with Gasteiger partial charge in [-0.25, -0.2) is 18.4 Å². The highest BCUT2D eigenvalue weighted by atomic mass is 32.2. The predicted molar refractivity (Wildman–Crippen MR) is 85.5 cm³/mol. The Morgan fingerprint density at radius 1 is 1.30 bits per heavy atom. The van der Waals surface area contributed by atoms with Gasteiger partial charge in [0.05, 0.1) is 23.5 Å². The lowest BCUT2D eigenvalue weighted by atomic mass is 9.90. The molecule has 126 valence electrons. The molecule has 0 bridgehead atoms. The summed E-state index contributed by atoms with van der Waals surface area (Å²) >= 11 is 0. The fourth-order valence-corrected chi connectivity index (χ4v) is 5.58. The SMILES string of the molecule is O=S(=O)(C1CC1)N1CCC[C@]2(C[C@H](Nc3ncccn3)CO2)C1. The van der Waals surface area contributed by atoms with Crippen LogP contribution in [0.1, 0.15) is 32.1 Å². The van der Waals surface area contributed by atoms with Crippen molar-refractivity contribution in [3.63, 3.8) is 0 Å². The average Bonchev–Trinajstić information content (AvgIpc) is 3.34. The maximum Gasteiger partial charge on any atom is 0.222 e. The number of nitrogens with zero attached hydrogens (tertiary/aromatic N) is 3. The van der Waals surface area contributed by atoms with E-state index in [1.54, 1.807) is 22.8 Å². The van der Waals surface area contributed by atoms with E-state index in [0.29, 0.717) is 25.6 Å². The minimum Gasteiger partial charge on any atom is -0.371 e. The summed E-state index contributed by atoms with van der Waals surface area (Å²) in [6.07, 6.45) is 7.58. The van der Waals surface area contributed by atoms with Crippen molar-refractivity contribution in [2.75, 3.05) is 25.0 Å². The first-order chi connectivity index (χ1) is 11.1. The zero-order chi connectivity index (χ0) is 15.9. The smallest absolute Gasteiger partial charge is 0.222 e. The minimum absolute atomic E-state index is 0.126. The van der Waals surface area contributed by atoms with Crippen LogP contribution < -0.4 is 5.32 Å². The van der Waals surface area contributed by atoms with E-state index in [9.17, 15) is 8.42 Å². The van der Waals surface area contributed by atoms with Gasteiger partial charge in [-0.15, -0.1) is 0 Å². The molecule has 7 nitrogen and oxygen atoms in total. The Kier molecular flexibility index (Phi) is 3.78. The second-order valence-electron chi connectivity index (χ2n) is 6.79. The monoisotopic (exact) mass is 338 g/mol. The summed E-state index contributed by atoms with van der Waals surface area (Å²) < 4.78 is 32.7. The lowest BCUT2D eigenvalue weighted by molar-refractivity contribution is -0.0329. The highest BCUT2D eigenvalue weighted by Gasteiger charge is 2.49. The molecule has 0 aromatic carbocycles. The van der Waals surface area contributed by atoms with Crippen LogP contribution in [0.15, 0.2) is 18.5 Å². The maximum atomic E-state index is 12.5. The zero-order valence-corrected chi connectivity index (χ0v) is 13.8. The van der Waals surface area contributed by atoms with Crippen LogP contribution in [0.25, 0.3) is 0 Å². The highest BCUT2D eigenvalue weighted by Crippen LogP contribution is 2.39. The number of anilines is 1. The first-order valence-electron chi connectivity index (χ1n) is 8.24. The summed E-state index contributed by atoms with van der Waals surface area (Å²) in [5.74, 6) is 0.594. The molecule has 1 spiro atoms. The lowest BCUT2D eigenvalue weighted by Crippen LogP contribution is -2.51. The quantitative estimate of drug-likeness (QED) is 0.882. The third kappa shape index (κ3) is 3.07. The predicted octanol–water partition coefficient (Wildman–Crippen LogP) is 1.00. The molecule has 3 aliphatic rings. The van der Waals surface area contributed by atoms with Gasteiger partial charge in [-0.2, -0.15) is 4.31 Å². The number of hydrogen-bond donors (Lipinski definition) is 1. The van der Waals surface area contributed by atoms with Crippen LogP contribution in [-0.2, 0) is 14.8 Å². The van der Waals surface area contributed by atoms with Crippen molar-refractivity contribution >= 4 is 16.0 Å². The van der Waals surface area contributed by atoms with Crippen LogP contribution in [0, 0.1) is 0 Å². The van der Waals surface area contributed by atoms with Crippen LogP contribution in [0.5, 0.6) is 0 Å². The van der Waals surface area contributed by atoms with E-state index in [4.69, 9.17) is 4.74 Å². The fourth-order valence-electron chi connectivity index (χ4n) is 3.63. The van der Waals surface area contributed by atoms with Crippen molar-refractivity contribution in [2.45, 2.75) is 49.0 Å². The standard InChI is InChI=1S/C15H22N4O3S/c20-23(21,13-3-4-13)19-8-1-5-15(11-19)9-12(10-22-15)18-14-16-6-2-7-17-14/h2,6-7,12-13H,1,3-5,8-11H2,(H,16,17,18)/t12-,15-/m0/s1. The molecule has 0 radical (unpaired) electrons. The van der Waals surface area contributed by atoms with Gasteiger partial charge in [0.2, 0.25) is 16.0 Å². The molecule has 4 rings (SSSR count). The van der Waals surface area contributed by atoms with Crippen molar-refractivity contribution in [3.8, 4) is 0 Å². The van der Waals surface area contributed by atoms with Gasteiger partial charge in [-0.05, 0) is 31.7 Å². The topological polar surface area (TPSA) is 84.4 Å². The van der Waals surface area contributed by atoms with Crippen LogP contribution in [0.2, 0.25) is 0 Å². The maximum absolute atomic E-state index is 12.5. The van der Waals surface area contributed by atoms with Crippen molar-refractivity contribution in [1.82, 2.24) is 14.3 Å². The molecule has 3 heterocycles. The molecule has 3 fully saturated rings. The normalized spacial score (nSPS) is 32.3. The Morgan fingerprint density at radius 3 is 2.83 bits per heavy atom. The number of nitrogens with one attached hydrogen (secondary N) is 1. The van der Waals surface area contributed by atoms with Gasteiger partial charge < -0.3 is 10.1 Å². The third-order valence-electron chi connectivity index (χ3n) is 4.92. The van der Waals surface area contributed by atoms with E-state index in [0.717, 1.165) is 32.1 Å². The molecule has 1 saturated carbocycles. The fraction of sp³-hybridized carbons (Fsp3) is 0.733. The van der Waals surface area contributed by atoms with Crippen molar-refractivity contribution in [1.29, 1.82) is 0 Å². The zero-order valence-electron chi connectivity index (χ0n) is 13.0. The highest BCUT2D eigenvalue weighted by molar-refractivity contribution is 7.90. The average molecular weight is 338 g/mol. The molecular weight excluding hydrogens is 316 g/mol. The number of ether oxygens (including phenoxy) is 1. The van der Waals surface area contributed by atoms with Crippen LogP contribution in [0.4, 0.5) is 5.95 Å². The van der Waals surface area contributed by atoms with Gasteiger partial charge in [-0.3, -0.25) is 0 Å². The summed E-state index contributed by atoms with van der Waals surface area (Å²) in [6, 6.07) is 1.90. The number of piperidine rings is 1. The third-order valence-corrected chi connectivity index (χ3v) is 7.26. The van der Waals surface area contributed by atoms with Gasteiger partial charge >= 0.3 is 0 Å². The molecule has 2 saturated heterocycles. The Labute approximate surface area is 136 Å². The minimum atomic E-state index is -3.12. The molecule has 8 heteroatoms. The summed E-state index contributed by atoms with van der Waals surface area (Å²) in [5.41, 5.74) is -0.355. The Morgan fingerprint density at radius 2 is 2.09 bits per heavy atom. The van der Waals surface area contributed by atoms with Gasteiger partial charge in [0.25, 0.3) is 0 Å². The van der Waals surface area contributed by atoms with Crippen LogP contribution in [0.3, 0.4) is 0 Å².